The number of Topliss-reactive ketones (excluding diaryl/α,β-unsaturated/α-hetero) is 1. The lowest BCUT2D eigenvalue weighted by Crippen LogP contribution is -2.44. The molecule has 1 aliphatic rings. The highest BCUT2D eigenvalue weighted by Gasteiger charge is 2.17. The van der Waals surface area contributed by atoms with Gasteiger partial charge in [0.15, 0.2) is 11.6 Å². The number of piperazine rings is 1. The van der Waals surface area contributed by atoms with Crippen LogP contribution in [0.25, 0.3) is 0 Å². The second kappa shape index (κ2) is 9.60. The van der Waals surface area contributed by atoms with E-state index in [0.29, 0.717) is 27.2 Å². The summed E-state index contributed by atoms with van der Waals surface area (Å²) in [7, 11) is 2.12. The molecule has 1 N–H and O–H groups in total. The fourth-order valence-corrected chi connectivity index (χ4v) is 4.03. The van der Waals surface area contributed by atoms with E-state index in [1.165, 1.54) is 0 Å². The number of carbonyl (C=O) groups excluding carboxylic acids is 1. The molecule has 2 aromatic heterocycles. The van der Waals surface area contributed by atoms with Gasteiger partial charge in [-0.15, -0.1) is 0 Å². The zero-order chi connectivity index (χ0) is 21.8. The highest BCUT2D eigenvalue weighted by molar-refractivity contribution is 6.39. The number of halogens is 2. The Morgan fingerprint density at radius 3 is 2.55 bits per heavy atom. The molecule has 9 heteroatoms. The fraction of sp³-hybridized carbons (Fsp3) is 0.273. The van der Waals surface area contributed by atoms with Gasteiger partial charge in [-0.1, -0.05) is 29.3 Å². The fourth-order valence-electron chi connectivity index (χ4n) is 3.43. The molecule has 0 radical (unpaired) electrons. The lowest BCUT2D eigenvalue weighted by atomic mass is 10.0. The van der Waals surface area contributed by atoms with Gasteiger partial charge in [-0.3, -0.25) is 9.78 Å². The molecule has 1 fully saturated rings. The monoisotopic (exact) mass is 456 g/mol. The molecule has 0 saturated carbocycles. The number of aromatic nitrogens is 3. The largest absolute Gasteiger partial charge is 0.353 e. The van der Waals surface area contributed by atoms with Crippen molar-refractivity contribution >= 4 is 46.4 Å². The minimum absolute atomic E-state index is 0.149. The number of ketones is 1. The molecule has 3 heterocycles. The van der Waals surface area contributed by atoms with E-state index in [9.17, 15) is 4.79 Å². The highest BCUT2D eigenvalue weighted by atomic mass is 35.5. The molecule has 0 bridgehead atoms. The number of likely N-dealkylation sites (N-methyl/N-ethyl adjacent to an activating group) is 1. The summed E-state index contributed by atoms with van der Waals surface area (Å²) < 4.78 is 0. The molecule has 31 heavy (non-hydrogen) atoms. The van der Waals surface area contributed by atoms with Gasteiger partial charge in [0.2, 0.25) is 0 Å². The van der Waals surface area contributed by atoms with E-state index < -0.39 is 0 Å². The highest BCUT2D eigenvalue weighted by Crippen LogP contribution is 2.26. The number of pyridine rings is 1. The van der Waals surface area contributed by atoms with Gasteiger partial charge in [0, 0.05) is 38.8 Å². The molecule has 0 spiro atoms. The quantitative estimate of drug-likeness (QED) is 0.559. The Balaban J connectivity index is 1.47. The van der Waals surface area contributed by atoms with E-state index in [1.54, 1.807) is 42.9 Å². The van der Waals surface area contributed by atoms with Crippen LogP contribution in [0.4, 0.5) is 17.5 Å². The van der Waals surface area contributed by atoms with Gasteiger partial charge in [0.25, 0.3) is 0 Å². The molecule has 3 aromatic rings. The molecule has 0 unspecified atom stereocenters. The van der Waals surface area contributed by atoms with Gasteiger partial charge in [0.1, 0.15) is 11.6 Å². The van der Waals surface area contributed by atoms with Crippen molar-refractivity contribution in [3.8, 4) is 0 Å². The molecule has 160 valence electrons. The van der Waals surface area contributed by atoms with Crippen LogP contribution in [0.2, 0.25) is 10.0 Å². The summed E-state index contributed by atoms with van der Waals surface area (Å²) in [6, 6.07) is 8.64. The lowest BCUT2D eigenvalue weighted by molar-refractivity contribution is 0.0993. The summed E-state index contributed by atoms with van der Waals surface area (Å²) in [5, 5.41) is 3.88. The Hall–Kier alpha value is -2.74. The van der Waals surface area contributed by atoms with Crippen molar-refractivity contribution in [1.29, 1.82) is 0 Å². The van der Waals surface area contributed by atoms with Gasteiger partial charge < -0.3 is 15.1 Å². The van der Waals surface area contributed by atoms with E-state index in [-0.39, 0.29) is 12.2 Å². The lowest BCUT2D eigenvalue weighted by Gasteiger charge is -2.33. The molecule has 1 aromatic carbocycles. The molecule has 0 amide bonds. The maximum absolute atomic E-state index is 12.7. The van der Waals surface area contributed by atoms with Crippen molar-refractivity contribution in [2.45, 2.75) is 6.42 Å². The Morgan fingerprint density at radius 1 is 1.06 bits per heavy atom. The standard InChI is InChI=1S/C22H22Cl2N6O/c1-29-7-9-30(10-8-29)21-14-25-13-20(28-21)27-19-12-15(5-6-26-19)11-18(31)22-16(23)3-2-4-17(22)24/h2-6,12-14H,7-11H2,1H3,(H,26,27,28). The molecule has 0 atom stereocenters. The third-order valence-corrected chi connectivity index (χ3v) is 5.77. The summed E-state index contributed by atoms with van der Waals surface area (Å²) in [5.41, 5.74) is 1.13. The minimum atomic E-state index is -0.149. The number of carbonyl (C=O) groups is 1. The van der Waals surface area contributed by atoms with E-state index in [4.69, 9.17) is 23.2 Å². The van der Waals surface area contributed by atoms with Gasteiger partial charge in [-0.2, -0.15) is 0 Å². The average molecular weight is 457 g/mol. The Bertz CT molecular complexity index is 1060. The maximum atomic E-state index is 12.7. The first kappa shape index (κ1) is 21.5. The summed E-state index contributed by atoms with van der Waals surface area (Å²) in [5.74, 6) is 1.87. The van der Waals surface area contributed by atoms with Crippen LogP contribution in [-0.2, 0) is 6.42 Å². The maximum Gasteiger partial charge on any atom is 0.170 e. The number of anilines is 3. The van der Waals surface area contributed by atoms with E-state index in [0.717, 1.165) is 37.6 Å². The third kappa shape index (κ3) is 5.31. The second-order valence-electron chi connectivity index (χ2n) is 7.42. The SMILES string of the molecule is CN1CCN(c2cncc(Nc3cc(CC(=O)c4c(Cl)cccc4Cl)ccn3)n2)CC1. The Kier molecular flexibility index (Phi) is 6.65. The van der Waals surface area contributed by atoms with E-state index in [2.05, 4.69) is 37.1 Å². The topological polar surface area (TPSA) is 74.2 Å². The Morgan fingerprint density at radius 2 is 1.81 bits per heavy atom. The molecular weight excluding hydrogens is 435 g/mol. The first-order chi connectivity index (χ1) is 15.0. The van der Waals surface area contributed by atoms with Crippen molar-refractivity contribution in [3.63, 3.8) is 0 Å². The average Bonchev–Trinajstić information content (AvgIpc) is 2.74. The number of hydrogen-bond donors (Lipinski definition) is 1. The number of rotatable bonds is 6. The molecule has 7 nitrogen and oxygen atoms in total. The van der Waals surface area contributed by atoms with Gasteiger partial charge >= 0.3 is 0 Å². The van der Waals surface area contributed by atoms with Crippen molar-refractivity contribution in [3.05, 3.63) is 70.1 Å². The predicted molar refractivity (Wildman–Crippen MR) is 124 cm³/mol. The first-order valence-corrected chi connectivity index (χ1v) is 10.7. The second-order valence-corrected chi connectivity index (χ2v) is 8.24. The van der Waals surface area contributed by atoms with Crippen LogP contribution in [0.15, 0.2) is 48.9 Å². The van der Waals surface area contributed by atoms with Crippen molar-refractivity contribution in [2.75, 3.05) is 43.4 Å². The van der Waals surface area contributed by atoms with Crippen LogP contribution < -0.4 is 10.2 Å². The van der Waals surface area contributed by atoms with Crippen LogP contribution in [0.1, 0.15) is 15.9 Å². The van der Waals surface area contributed by atoms with Gasteiger partial charge in [-0.25, -0.2) is 9.97 Å². The zero-order valence-corrected chi connectivity index (χ0v) is 18.6. The van der Waals surface area contributed by atoms with Crippen molar-refractivity contribution in [1.82, 2.24) is 19.9 Å². The molecule has 4 rings (SSSR count). The predicted octanol–water partition coefficient (Wildman–Crippen LogP) is 4.10. The summed E-state index contributed by atoms with van der Waals surface area (Å²) in [6.45, 7) is 3.81. The van der Waals surface area contributed by atoms with E-state index in [1.807, 2.05) is 6.07 Å². The smallest absolute Gasteiger partial charge is 0.170 e. The van der Waals surface area contributed by atoms with Crippen molar-refractivity contribution in [2.24, 2.45) is 0 Å². The number of nitrogens with zero attached hydrogens (tertiary/aromatic N) is 5. The third-order valence-electron chi connectivity index (χ3n) is 5.14. The van der Waals surface area contributed by atoms with Crippen LogP contribution in [0.3, 0.4) is 0 Å². The number of nitrogens with one attached hydrogen (secondary N) is 1. The summed E-state index contributed by atoms with van der Waals surface area (Å²) in [4.78, 5) is 30.6. The summed E-state index contributed by atoms with van der Waals surface area (Å²) in [6.07, 6.45) is 5.24. The number of hydrogen-bond acceptors (Lipinski definition) is 7. The minimum Gasteiger partial charge on any atom is -0.353 e. The van der Waals surface area contributed by atoms with Crippen LogP contribution in [-0.4, -0.2) is 58.9 Å². The molecule has 0 aliphatic carbocycles. The Labute approximate surface area is 191 Å². The number of benzene rings is 1. The summed E-state index contributed by atoms with van der Waals surface area (Å²) >= 11 is 12.3. The molecule has 1 aliphatic heterocycles. The van der Waals surface area contributed by atoms with Gasteiger partial charge in [0.05, 0.1) is 28.0 Å². The molecule has 1 saturated heterocycles. The zero-order valence-electron chi connectivity index (χ0n) is 17.1. The van der Waals surface area contributed by atoms with E-state index >= 15 is 0 Å². The van der Waals surface area contributed by atoms with Gasteiger partial charge in [-0.05, 0) is 36.9 Å². The normalized spacial score (nSPS) is 14.5. The van der Waals surface area contributed by atoms with Crippen molar-refractivity contribution < 1.29 is 4.79 Å². The molecular formula is C22H22Cl2N6O. The van der Waals surface area contributed by atoms with Crippen LogP contribution in [0, 0.1) is 0 Å². The van der Waals surface area contributed by atoms with Crippen LogP contribution >= 0.6 is 23.2 Å². The van der Waals surface area contributed by atoms with Crippen LogP contribution in [0.5, 0.6) is 0 Å². The first-order valence-electron chi connectivity index (χ1n) is 9.94.